The van der Waals surface area contributed by atoms with Crippen LogP contribution in [0.25, 0.3) is 0 Å². The zero-order chi connectivity index (χ0) is 22.1. The minimum atomic E-state index is -3.29. The summed E-state index contributed by atoms with van der Waals surface area (Å²) in [6.45, 7) is 8.23. The van der Waals surface area contributed by atoms with Gasteiger partial charge in [-0.2, -0.15) is 0 Å². The Balaban J connectivity index is 0.00000363. The van der Waals surface area contributed by atoms with Gasteiger partial charge in [0, 0.05) is 39.3 Å². The fourth-order valence-electron chi connectivity index (χ4n) is 3.66. The van der Waals surface area contributed by atoms with Crippen molar-refractivity contribution in [2.24, 2.45) is 4.99 Å². The molecular formula is C23H34IN5O2S. The third-order valence-electron chi connectivity index (χ3n) is 5.33. The highest BCUT2D eigenvalue weighted by Crippen LogP contribution is 2.12. The molecule has 0 aliphatic carbocycles. The molecule has 0 radical (unpaired) electrons. The first-order chi connectivity index (χ1) is 15.0. The lowest BCUT2D eigenvalue weighted by molar-refractivity contribution is 0.172. The van der Waals surface area contributed by atoms with Crippen molar-refractivity contribution in [3.05, 3.63) is 71.3 Å². The molecule has 32 heavy (non-hydrogen) atoms. The van der Waals surface area contributed by atoms with Crippen molar-refractivity contribution in [1.29, 1.82) is 0 Å². The van der Waals surface area contributed by atoms with E-state index in [1.54, 1.807) is 0 Å². The average molecular weight is 572 g/mol. The van der Waals surface area contributed by atoms with Gasteiger partial charge in [-0.25, -0.2) is 18.1 Å². The van der Waals surface area contributed by atoms with Crippen LogP contribution in [0.3, 0.4) is 0 Å². The summed E-state index contributed by atoms with van der Waals surface area (Å²) in [5.41, 5.74) is 3.11. The molecule has 1 fully saturated rings. The van der Waals surface area contributed by atoms with Crippen LogP contribution in [-0.4, -0.2) is 63.9 Å². The molecule has 9 heteroatoms. The van der Waals surface area contributed by atoms with Crippen LogP contribution < -0.4 is 10.0 Å². The van der Waals surface area contributed by atoms with E-state index in [1.807, 2.05) is 24.3 Å². The van der Waals surface area contributed by atoms with Gasteiger partial charge in [-0.05, 0) is 30.7 Å². The van der Waals surface area contributed by atoms with Crippen LogP contribution in [0.5, 0.6) is 0 Å². The number of rotatable bonds is 8. The van der Waals surface area contributed by atoms with Gasteiger partial charge in [0.05, 0.1) is 12.3 Å². The average Bonchev–Trinajstić information content (AvgIpc) is 2.78. The lowest BCUT2D eigenvalue weighted by atomic mass is 10.1. The van der Waals surface area contributed by atoms with E-state index in [0.29, 0.717) is 6.54 Å². The fourth-order valence-corrected chi connectivity index (χ4v) is 4.42. The van der Waals surface area contributed by atoms with Crippen LogP contribution in [0.2, 0.25) is 0 Å². The third kappa shape index (κ3) is 8.34. The second-order valence-electron chi connectivity index (χ2n) is 7.70. The van der Waals surface area contributed by atoms with Crippen molar-refractivity contribution in [1.82, 2.24) is 19.8 Å². The molecule has 176 valence electrons. The van der Waals surface area contributed by atoms with E-state index in [9.17, 15) is 8.42 Å². The molecule has 1 heterocycles. The van der Waals surface area contributed by atoms with Crippen molar-refractivity contribution in [3.63, 3.8) is 0 Å². The summed E-state index contributed by atoms with van der Waals surface area (Å²) in [5.74, 6) is 0.889. The van der Waals surface area contributed by atoms with Crippen LogP contribution in [0.1, 0.15) is 23.6 Å². The maximum Gasteiger partial charge on any atom is 0.215 e. The van der Waals surface area contributed by atoms with Crippen molar-refractivity contribution in [2.45, 2.75) is 25.8 Å². The predicted octanol–water partition coefficient (Wildman–Crippen LogP) is 2.64. The van der Waals surface area contributed by atoms with Crippen molar-refractivity contribution >= 4 is 40.0 Å². The Morgan fingerprint density at radius 1 is 0.969 bits per heavy atom. The van der Waals surface area contributed by atoms with Crippen LogP contribution in [0, 0.1) is 0 Å². The molecule has 1 aliphatic heterocycles. The summed E-state index contributed by atoms with van der Waals surface area (Å²) in [6.07, 6.45) is 0. The molecule has 2 N–H and O–H groups in total. The van der Waals surface area contributed by atoms with Crippen molar-refractivity contribution < 1.29 is 8.42 Å². The number of aliphatic imine (C=N–C) groups is 1. The molecule has 0 saturated carbocycles. The first kappa shape index (κ1) is 26.6. The highest BCUT2D eigenvalue weighted by atomic mass is 127. The zero-order valence-electron chi connectivity index (χ0n) is 18.8. The van der Waals surface area contributed by atoms with E-state index in [1.165, 1.54) is 12.6 Å². The number of nitrogens with one attached hydrogen (secondary N) is 2. The summed E-state index contributed by atoms with van der Waals surface area (Å²) < 4.78 is 26.0. The Hall–Kier alpha value is -1.69. The first-order valence-corrected chi connectivity index (χ1v) is 12.4. The quantitative estimate of drug-likeness (QED) is 0.290. The molecule has 0 unspecified atom stereocenters. The second kappa shape index (κ2) is 13.1. The minimum Gasteiger partial charge on any atom is -0.357 e. The Morgan fingerprint density at radius 3 is 2.28 bits per heavy atom. The Kier molecular flexibility index (Phi) is 10.9. The van der Waals surface area contributed by atoms with Crippen LogP contribution in [0.15, 0.2) is 59.6 Å². The van der Waals surface area contributed by atoms with E-state index >= 15 is 0 Å². The standard InChI is InChI=1S/C23H33N5O2S.HI/c1-3-25-23(26-17-21-10-7-11-22(16-21)19-31(29,30)24-2)28-14-12-27(13-15-28)18-20-8-5-4-6-9-20;/h4-11,16,24H,3,12-15,17-19H2,1-2H3,(H,25,26);1H. The molecule has 3 rings (SSSR count). The molecule has 7 nitrogen and oxygen atoms in total. The largest absolute Gasteiger partial charge is 0.357 e. The van der Waals surface area contributed by atoms with E-state index in [4.69, 9.17) is 4.99 Å². The maximum absolute atomic E-state index is 11.8. The lowest BCUT2D eigenvalue weighted by Crippen LogP contribution is -2.52. The number of halogens is 1. The summed E-state index contributed by atoms with van der Waals surface area (Å²) >= 11 is 0. The fraction of sp³-hybridized carbons (Fsp3) is 0.435. The van der Waals surface area contributed by atoms with E-state index < -0.39 is 10.0 Å². The van der Waals surface area contributed by atoms with Crippen molar-refractivity contribution in [2.75, 3.05) is 39.8 Å². The van der Waals surface area contributed by atoms with E-state index in [2.05, 4.69) is 57.1 Å². The van der Waals surface area contributed by atoms with Crippen LogP contribution >= 0.6 is 24.0 Å². The Morgan fingerprint density at radius 2 is 1.62 bits per heavy atom. The molecule has 1 aliphatic rings. The van der Waals surface area contributed by atoms with Gasteiger partial charge in [-0.1, -0.05) is 54.6 Å². The number of guanidine groups is 1. The molecular weight excluding hydrogens is 537 g/mol. The molecule has 1 saturated heterocycles. The summed E-state index contributed by atoms with van der Waals surface area (Å²) in [5, 5.41) is 3.40. The normalized spacial score (nSPS) is 15.3. The number of nitrogens with zero attached hydrogens (tertiary/aromatic N) is 3. The van der Waals surface area contributed by atoms with Gasteiger partial charge in [0.2, 0.25) is 10.0 Å². The summed E-state index contributed by atoms with van der Waals surface area (Å²) in [4.78, 5) is 9.60. The van der Waals surface area contributed by atoms with E-state index in [-0.39, 0.29) is 29.7 Å². The number of sulfonamides is 1. The maximum atomic E-state index is 11.8. The number of piperazine rings is 1. The SMILES string of the molecule is CCNC(=NCc1cccc(CS(=O)(=O)NC)c1)N1CCN(Cc2ccccc2)CC1.I. The van der Waals surface area contributed by atoms with Gasteiger partial charge >= 0.3 is 0 Å². The Bertz CT molecular complexity index is 961. The van der Waals surface area contributed by atoms with Gasteiger partial charge < -0.3 is 10.2 Å². The molecule has 2 aromatic rings. The number of benzene rings is 2. The van der Waals surface area contributed by atoms with E-state index in [0.717, 1.165) is 56.4 Å². The second-order valence-corrected chi connectivity index (χ2v) is 9.63. The lowest BCUT2D eigenvalue weighted by Gasteiger charge is -2.36. The molecule has 0 amide bonds. The van der Waals surface area contributed by atoms with Gasteiger partial charge in [-0.15, -0.1) is 24.0 Å². The zero-order valence-corrected chi connectivity index (χ0v) is 22.0. The number of hydrogen-bond donors (Lipinski definition) is 2. The Labute approximate surface area is 209 Å². The smallest absolute Gasteiger partial charge is 0.215 e. The molecule has 0 aromatic heterocycles. The topological polar surface area (TPSA) is 77.0 Å². The van der Waals surface area contributed by atoms with Gasteiger partial charge in [0.15, 0.2) is 5.96 Å². The molecule has 0 spiro atoms. The monoisotopic (exact) mass is 571 g/mol. The van der Waals surface area contributed by atoms with Crippen molar-refractivity contribution in [3.8, 4) is 0 Å². The third-order valence-corrected chi connectivity index (χ3v) is 6.66. The molecule has 0 atom stereocenters. The first-order valence-electron chi connectivity index (χ1n) is 10.8. The van der Waals surface area contributed by atoms with Crippen LogP contribution in [-0.2, 0) is 28.9 Å². The number of hydrogen-bond acceptors (Lipinski definition) is 4. The van der Waals surface area contributed by atoms with Crippen LogP contribution in [0.4, 0.5) is 0 Å². The molecule has 2 aromatic carbocycles. The summed E-state index contributed by atoms with van der Waals surface area (Å²) in [7, 11) is -1.85. The highest BCUT2D eigenvalue weighted by Gasteiger charge is 2.19. The minimum absolute atomic E-state index is 0. The summed E-state index contributed by atoms with van der Waals surface area (Å²) in [6, 6.07) is 18.2. The van der Waals surface area contributed by atoms with Gasteiger partial charge in [0.1, 0.15) is 0 Å². The molecule has 0 bridgehead atoms. The predicted molar refractivity (Wildman–Crippen MR) is 142 cm³/mol. The highest BCUT2D eigenvalue weighted by molar-refractivity contribution is 14.0. The van der Waals surface area contributed by atoms with Gasteiger partial charge in [-0.3, -0.25) is 4.90 Å². The van der Waals surface area contributed by atoms with Gasteiger partial charge in [0.25, 0.3) is 0 Å².